The van der Waals surface area contributed by atoms with Crippen molar-refractivity contribution in [3.05, 3.63) is 0 Å². The first kappa shape index (κ1) is 9.39. The molecule has 0 saturated heterocycles. The van der Waals surface area contributed by atoms with Gasteiger partial charge in [-0.25, -0.2) is 0 Å². The SMILES string of the molecule is CCCCCO[C](=O)[Tl]. The molecule has 0 aliphatic heterocycles. The molecule has 0 atom stereocenters. The van der Waals surface area contributed by atoms with Gasteiger partial charge in [-0.05, 0) is 0 Å². The van der Waals surface area contributed by atoms with E-state index in [4.69, 9.17) is 4.74 Å². The van der Waals surface area contributed by atoms with E-state index in [0.717, 1.165) is 12.8 Å². The van der Waals surface area contributed by atoms with Gasteiger partial charge in [-0.15, -0.1) is 0 Å². The Hall–Kier alpha value is 0.392. The standard InChI is InChI=1S/C6H11O2.Tl/c1-2-3-4-5-8-6-7;/h2-5H2,1H3;. The van der Waals surface area contributed by atoms with Crippen molar-refractivity contribution in [2.24, 2.45) is 0 Å². The molecule has 9 heavy (non-hydrogen) atoms. The monoisotopic (exact) mass is 320 g/mol. The maximum absolute atomic E-state index is 10.3. The molecule has 2 nitrogen and oxygen atoms in total. The fourth-order valence-corrected chi connectivity index (χ4v) is 0.983. The molecular weight excluding hydrogens is 308 g/mol. The summed E-state index contributed by atoms with van der Waals surface area (Å²) in [6, 6.07) is 0. The molecule has 0 aliphatic rings. The first-order valence-electron chi connectivity index (χ1n) is 3.19. The van der Waals surface area contributed by atoms with Gasteiger partial charge in [0.25, 0.3) is 0 Å². The zero-order chi connectivity index (χ0) is 7.11. The third-order valence-corrected chi connectivity index (χ3v) is 1.64. The molecule has 0 aromatic carbocycles. The first-order chi connectivity index (χ1) is 4.27. The predicted molar refractivity (Wildman–Crippen MR) is 36.6 cm³/mol. The zero-order valence-corrected chi connectivity index (χ0v) is 10.2. The van der Waals surface area contributed by atoms with E-state index in [1.807, 2.05) is 0 Å². The topological polar surface area (TPSA) is 26.3 Å². The van der Waals surface area contributed by atoms with Crippen LogP contribution in [0.25, 0.3) is 0 Å². The van der Waals surface area contributed by atoms with E-state index in [1.54, 1.807) is 0 Å². The van der Waals surface area contributed by atoms with Crippen molar-refractivity contribution in [3.63, 3.8) is 0 Å². The van der Waals surface area contributed by atoms with Crippen LogP contribution in [0, 0.1) is 0 Å². The summed E-state index contributed by atoms with van der Waals surface area (Å²) < 4.78 is 4.77. The van der Waals surface area contributed by atoms with E-state index in [-0.39, 0.29) is 3.53 Å². The van der Waals surface area contributed by atoms with E-state index in [0.29, 0.717) is 32.4 Å². The first-order valence-corrected chi connectivity index (χ1v) is 5.44. The van der Waals surface area contributed by atoms with E-state index < -0.39 is 0 Å². The van der Waals surface area contributed by atoms with Gasteiger partial charge in [-0.1, -0.05) is 0 Å². The molecule has 0 amide bonds. The van der Waals surface area contributed by atoms with Crippen LogP contribution in [0.5, 0.6) is 0 Å². The summed E-state index contributed by atoms with van der Waals surface area (Å²) in [7, 11) is 0. The number of hydrogen-bond donors (Lipinski definition) is 0. The normalized spacial score (nSPS) is 8.89. The summed E-state index contributed by atoms with van der Waals surface area (Å²) in [4.78, 5) is 10.3. The number of carbonyl (C=O) groups excluding carboxylic acids is 1. The van der Waals surface area contributed by atoms with E-state index in [9.17, 15) is 4.79 Å². The number of ether oxygens (including phenoxy) is 1. The van der Waals surface area contributed by atoms with Crippen LogP contribution in [0.3, 0.4) is 0 Å². The van der Waals surface area contributed by atoms with Crippen LogP contribution < -0.4 is 0 Å². The van der Waals surface area contributed by atoms with Crippen molar-refractivity contribution in [3.8, 4) is 0 Å². The van der Waals surface area contributed by atoms with E-state index in [2.05, 4.69) is 6.92 Å². The average molecular weight is 320 g/mol. The number of rotatable bonds is 4. The van der Waals surface area contributed by atoms with Crippen LogP contribution in [0.4, 0.5) is 4.79 Å². The number of unbranched alkanes of at least 4 members (excludes halogenated alkanes) is 2. The Morgan fingerprint density at radius 2 is 2.22 bits per heavy atom. The Morgan fingerprint density at radius 3 is 2.67 bits per heavy atom. The van der Waals surface area contributed by atoms with Crippen molar-refractivity contribution in [1.29, 1.82) is 0 Å². The minimum absolute atomic E-state index is 0.00824. The Kier molecular flexibility index (Phi) is 6.79. The molecule has 0 aromatic rings. The predicted octanol–water partition coefficient (Wildman–Crippen LogP) is 1.48. The van der Waals surface area contributed by atoms with Crippen LogP contribution in [-0.2, 0) is 4.74 Å². The van der Waals surface area contributed by atoms with Crippen LogP contribution in [0.2, 0.25) is 0 Å². The fraction of sp³-hybridized carbons (Fsp3) is 0.833. The van der Waals surface area contributed by atoms with Gasteiger partial charge in [-0.3, -0.25) is 0 Å². The molecular formula is C6H11O2Tl. The third kappa shape index (κ3) is 8.39. The summed E-state index contributed by atoms with van der Waals surface area (Å²) >= 11 is 0.344. The molecule has 0 rings (SSSR count). The van der Waals surface area contributed by atoms with Crippen molar-refractivity contribution in [1.82, 2.24) is 0 Å². The van der Waals surface area contributed by atoms with Crippen molar-refractivity contribution in [2.45, 2.75) is 26.2 Å². The second-order valence-corrected chi connectivity index (χ2v) is 3.71. The van der Waals surface area contributed by atoms with Crippen LogP contribution in [0.1, 0.15) is 26.2 Å². The molecule has 0 unspecified atom stereocenters. The van der Waals surface area contributed by atoms with Gasteiger partial charge in [0.05, 0.1) is 0 Å². The van der Waals surface area contributed by atoms with Gasteiger partial charge in [0.2, 0.25) is 0 Å². The third-order valence-electron chi connectivity index (χ3n) is 0.992. The summed E-state index contributed by atoms with van der Waals surface area (Å²) in [6.45, 7) is 2.76. The van der Waals surface area contributed by atoms with Gasteiger partial charge in [0.1, 0.15) is 0 Å². The fourth-order valence-electron chi connectivity index (χ4n) is 0.525. The van der Waals surface area contributed by atoms with Crippen molar-refractivity contribution >= 4 is 29.3 Å². The Labute approximate surface area is 71.6 Å². The molecule has 0 fully saturated rings. The summed E-state index contributed by atoms with van der Waals surface area (Å²) in [6.07, 6.45) is 3.37. The molecule has 0 heterocycles. The molecule has 0 bridgehead atoms. The molecule has 0 aliphatic carbocycles. The summed E-state index contributed by atoms with van der Waals surface area (Å²) in [5.41, 5.74) is 0. The molecule has 0 saturated carbocycles. The molecule has 0 spiro atoms. The summed E-state index contributed by atoms with van der Waals surface area (Å²) in [5.74, 6) is 0. The quantitative estimate of drug-likeness (QED) is 0.580. The van der Waals surface area contributed by atoms with Crippen LogP contribution >= 0.6 is 0 Å². The number of carbonyl (C=O) groups is 1. The molecule has 0 radical (unpaired) electrons. The van der Waals surface area contributed by atoms with Crippen LogP contribution in [-0.4, -0.2) is 35.9 Å². The number of hydrogen-bond acceptors (Lipinski definition) is 2. The van der Waals surface area contributed by atoms with E-state index >= 15 is 0 Å². The van der Waals surface area contributed by atoms with Gasteiger partial charge in [-0.2, -0.15) is 0 Å². The van der Waals surface area contributed by atoms with Gasteiger partial charge < -0.3 is 0 Å². The average Bonchev–Trinajstić information content (AvgIpc) is 1.80. The zero-order valence-electron chi connectivity index (χ0n) is 5.72. The second kappa shape index (κ2) is 6.51. The Balaban J connectivity index is 2.83. The van der Waals surface area contributed by atoms with Crippen molar-refractivity contribution < 1.29 is 9.53 Å². The minimum atomic E-state index is -0.00824. The van der Waals surface area contributed by atoms with Gasteiger partial charge in [0.15, 0.2) is 0 Å². The molecule has 50 valence electrons. The summed E-state index contributed by atoms with van der Waals surface area (Å²) in [5, 5.41) is 0. The van der Waals surface area contributed by atoms with E-state index in [1.165, 1.54) is 6.42 Å². The van der Waals surface area contributed by atoms with Crippen LogP contribution in [0.15, 0.2) is 0 Å². The van der Waals surface area contributed by atoms with Gasteiger partial charge >= 0.3 is 71.6 Å². The molecule has 0 aromatic heterocycles. The molecule has 0 N–H and O–H groups in total. The Bertz CT molecular complexity index is 83.1. The van der Waals surface area contributed by atoms with Gasteiger partial charge in [0, 0.05) is 0 Å². The molecule has 3 heteroatoms. The Morgan fingerprint density at radius 1 is 1.56 bits per heavy atom. The van der Waals surface area contributed by atoms with Crippen molar-refractivity contribution in [2.75, 3.05) is 6.61 Å². The second-order valence-electron chi connectivity index (χ2n) is 1.87. The maximum atomic E-state index is 10.3.